The average molecular weight is 252 g/mol. The van der Waals surface area contributed by atoms with Gasteiger partial charge in [0.25, 0.3) is 0 Å². The zero-order valence-electron chi connectivity index (χ0n) is 10.5. The van der Waals surface area contributed by atoms with Crippen LogP contribution in [0.1, 0.15) is 25.8 Å². The van der Waals surface area contributed by atoms with Gasteiger partial charge in [0.2, 0.25) is 11.8 Å². The van der Waals surface area contributed by atoms with Crippen LogP contribution in [0.15, 0.2) is 24.3 Å². The molecule has 1 rings (SSSR count). The second-order valence-electron chi connectivity index (χ2n) is 4.27. The number of carbonyl (C=O) groups is 2. The predicted octanol–water partition coefficient (Wildman–Crippen LogP) is 1.36. The average Bonchev–Trinajstić information content (AvgIpc) is 2.26. The van der Waals surface area contributed by atoms with Crippen LogP contribution in [0.4, 0.5) is 4.39 Å². The summed E-state index contributed by atoms with van der Waals surface area (Å²) < 4.78 is 13.2. The van der Waals surface area contributed by atoms with Gasteiger partial charge in [-0.15, -0.1) is 0 Å². The lowest BCUT2D eigenvalue weighted by atomic mass is 10.2. The molecule has 0 saturated carbocycles. The van der Waals surface area contributed by atoms with Crippen molar-refractivity contribution >= 4 is 11.8 Å². The molecule has 0 aromatic heterocycles. The SMILES string of the molecule is CC(C)NC(=O)CC(=O)NCc1ccccc1F. The minimum atomic E-state index is -0.420. The summed E-state index contributed by atoms with van der Waals surface area (Å²) in [5, 5.41) is 5.11. The van der Waals surface area contributed by atoms with E-state index in [-0.39, 0.29) is 30.7 Å². The van der Waals surface area contributed by atoms with Gasteiger partial charge < -0.3 is 10.6 Å². The molecule has 0 aliphatic rings. The first-order valence-electron chi connectivity index (χ1n) is 5.78. The van der Waals surface area contributed by atoms with Crippen LogP contribution in [0, 0.1) is 5.82 Å². The molecular weight excluding hydrogens is 235 g/mol. The quantitative estimate of drug-likeness (QED) is 0.777. The van der Waals surface area contributed by atoms with Crippen LogP contribution in [-0.2, 0) is 16.1 Å². The molecule has 0 spiro atoms. The Kier molecular flexibility index (Phi) is 5.30. The summed E-state index contributed by atoms with van der Waals surface area (Å²) in [6.45, 7) is 3.71. The Hall–Kier alpha value is -1.91. The number of amides is 2. The summed E-state index contributed by atoms with van der Waals surface area (Å²) in [6.07, 6.45) is -0.243. The maximum Gasteiger partial charge on any atom is 0.229 e. The largest absolute Gasteiger partial charge is 0.353 e. The molecule has 1 aromatic carbocycles. The topological polar surface area (TPSA) is 58.2 Å². The van der Waals surface area contributed by atoms with Gasteiger partial charge in [0.05, 0.1) is 0 Å². The van der Waals surface area contributed by atoms with Crippen molar-refractivity contribution in [3.05, 3.63) is 35.6 Å². The van der Waals surface area contributed by atoms with Gasteiger partial charge in [0.1, 0.15) is 12.2 Å². The van der Waals surface area contributed by atoms with Crippen molar-refractivity contribution in [3.63, 3.8) is 0 Å². The fourth-order valence-electron chi connectivity index (χ4n) is 1.42. The number of hydrogen-bond acceptors (Lipinski definition) is 2. The number of benzene rings is 1. The highest BCUT2D eigenvalue weighted by atomic mass is 19.1. The number of nitrogens with one attached hydrogen (secondary N) is 2. The molecule has 0 radical (unpaired) electrons. The highest BCUT2D eigenvalue weighted by Crippen LogP contribution is 2.05. The van der Waals surface area contributed by atoms with Crippen molar-refractivity contribution in [1.29, 1.82) is 0 Å². The summed E-state index contributed by atoms with van der Waals surface area (Å²) in [5.41, 5.74) is 0.398. The lowest BCUT2D eigenvalue weighted by molar-refractivity contribution is -0.129. The van der Waals surface area contributed by atoms with Gasteiger partial charge in [-0.1, -0.05) is 18.2 Å². The van der Waals surface area contributed by atoms with Gasteiger partial charge in [-0.25, -0.2) is 4.39 Å². The van der Waals surface area contributed by atoms with E-state index in [1.807, 2.05) is 13.8 Å². The molecule has 0 heterocycles. The highest BCUT2D eigenvalue weighted by molar-refractivity contribution is 5.96. The maximum atomic E-state index is 13.2. The van der Waals surface area contributed by atoms with Crippen molar-refractivity contribution in [1.82, 2.24) is 10.6 Å². The molecule has 2 amide bonds. The van der Waals surface area contributed by atoms with E-state index in [0.717, 1.165) is 0 Å². The van der Waals surface area contributed by atoms with Crippen molar-refractivity contribution in [2.24, 2.45) is 0 Å². The van der Waals surface area contributed by atoms with E-state index in [1.165, 1.54) is 6.07 Å². The fraction of sp³-hybridized carbons (Fsp3) is 0.385. The predicted molar refractivity (Wildman–Crippen MR) is 66.1 cm³/mol. The van der Waals surface area contributed by atoms with E-state index in [2.05, 4.69) is 10.6 Å². The molecule has 1 aromatic rings. The fourth-order valence-corrected chi connectivity index (χ4v) is 1.42. The molecule has 0 fully saturated rings. The summed E-state index contributed by atoms with van der Waals surface area (Å²) in [5.74, 6) is -1.13. The lowest BCUT2D eigenvalue weighted by Crippen LogP contribution is -2.35. The standard InChI is InChI=1S/C13H17FN2O2/c1-9(2)16-13(18)7-12(17)15-8-10-5-3-4-6-11(10)14/h3-6,9H,7-8H2,1-2H3,(H,15,17)(H,16,18). The van der Waals surface area contributed by atoms with E-state index >= 15 is 0 Å². The van der Waals surface area contributed by atoms with E-state index < -0.39 is 5.91 Å². The van der Waals surface area contributed by atoms with Crippen LogP contribution >= 0.6 is 0 Å². The van der Waals surface area contributed by atoms with Crippen LogP contribution in [0.3, 0.4) is 0 Å². The number of rotatable bonds is 5. The highest BCUT2D eigenvalue weighted by Gasteiger charge is 2.10. The normalized spacial score (nSPS) is 10.2. The third-order valence-electron chi connectivity index (χ3n) is 2.20. The Bertz CT molecular complexity index is 433. The van der Waals surface area contributed by atoms with E-state index in [0.29, 0.717) is 5.56 Å². The molecule has 0 saturated heterocycles. The first kappa shape index (κ1) is 14.2. The Morgan fingerprint density at radius 2 is 1.89 bits per heavy atom. The molecule has 98 valence electrons. The second-order valence-corrected chi connectivity index (χ2v) is 4.27. The van der Waals surface area contributed by atoms with Crippen LogP contribution < -0.4 is 10.6 Å². The molecule has 0 bridgehead atoms. The third kappa shape index (κ3) is 4.95. The zero-order chi connectivity index (χ0) is 13.5. The zero-order valence-corrected chi connectivity index (χ0v) is 10.5. The Morgan fingerprint density at radius 3 is 2.50 bits per heavy atom. The first-order valence-corrected chi connectivity index (χ1v) is 5.78. The van der Waals surface area contributed by atoms with E-state index in [4.69, 9.17) is 0 Å². The number of hydrogen-bond donors (Lipinski definition) is 2. The lowest BCUT2D eigenvalue weighted by Gasteiger charge is -2.09. The van der Waals surface area contributed by atoms with Crippen molar-refractivity contribution in [2.45, 2.75) is 32.9 Å². The van der Waals surface area contributed by atoms with Gasteiger partial charge in [-0.3, -0.25) is 9.59 Å². The second kappa shape index (κ2) is 6.74. The monoisotopic (exact) mass is 252 g/mol. The van der Waals surface area contributed by atoms with Gasteiger partial charge >= 0.3 is 0 Å². The molecular formula is C13H17FN2O2. The Morgan fingerprint density at radius 1 is 1.22 bits per heavy atom. The van der Waals surface area contributed by atoms with Gasteiger partial charge in [0, 0.05) is 18.2 Å². The first-order chi connectivity index (χ1) is 8.49. The molecule has 0 atom stereocenters. The van der Waals surface area contributed by atoms with E-state index in [9.17, 15) is 14.0 Å². The smallest absolute Gasteiger partial charge is 0.229 e. The van der Waals surface area contributed by atoms with Gasteiger partial charge in [-0.2, -0.15) is 0 Å². The van der Waals surface area contributed by atoms with Crippen LogP contribution in [0.2, 0.25) is 0 Å². The molecule has 5 heteroatoms. The van der Waals surface area contributed by atoms with Crippen molar-refractivity contribution in [3.8, 4) is 0 Å². The molecule has 0 aliphatic heterocycles. The summed E-state index contributed by atoms with van der Waals surface area (Å²) in [6, 6.07) is 6.18. The molecule has 4 nitrogen and oxygen atoms in total. The van der Waals surface area contributed by atoms with Crippen molar-refractivity contribution in [2.75, 3.05) is 0 Å². The van der Waals surface area contributed by atoms with Crippen molar-refractivity contribution < 1.29 is 14.0 Å². The van der Waals surface area contributed by atoms with Gasteiger partial charge in [-0.05, 0) is 19.9 Å². The minimum absolute atomic E-state index is 0.00290. The van der Waals surface area contributed by atoms with Gasteiger partial charge in [0.15, 0.2) is 0 Å². The Labute approximate surface area is 106 Å². The molecule has 2 N–H and O–H groups in total. The molecule has 0 unspecified atom stereocenters. The Balaban J connectivity index is 2.38. The van der Waals surface area contributed by atoms with Crippen LogP contribution in [0.25, 0.3) is 0 Å². The maximum absolute atomic E-state index is 13.2. The molecule has 0 aliphatic carbocycles. The van der Waals surface area contributed by atoms with Crippen LogP contribution in [0.5, 0.6) is 0 Å². The summed E-state index contributed by atoms with van der Waals surface area (Å²) in [4.78, 5) is 22.7. The number of carbonyl (C=O) groups excluding carboxylic acids is 2. The third-order valence-corrected chi connectivity index (χ3v) is 2.20. The van der Waals surface area contributed by atoms with Crippen LogP contribution in [-0.4, -0.2) is 17.9 Å². The number of halogens is 1. The summed E-state index contributed by atoms with van der Waals surface area (Å²) in [7, 11) is 0. The molecule has 18 heavy (non-hydrogen) atoms. The van der Waals surface area contributed by atoms with E-state index in [1.54, 1.807) is 18.2 Å². The minimum Gasteiger partial charge on any atom is -0.353 e. The summed E-state index contributed by atoms with van der Waals surface area (Å²) >= 11 is 0.